The van der Waals surface area contributed by atoms with Gasteiger partial charge < -0.3 is 5.32 Å². The van der Waals surface area contributed by atoms with E-state index in [9.17, 15) is 4.79 Å². The minimum Gasteiger partial charge on any atom is -0.322 e. The second-order valence-corrected chi connectivity index (χ2v) is 5.90. The van der Waals surface area contributed by atoms with Crippen LogP contribution in [0.1, 0.15) is 21.5 Å². The molecule has 0 radical (unpaired) electrons. The fraction of sp³-hybridized carbons (Fsp3) is 0.133. The Bertz CT molecular complexity index is 640. The van der Waals surface area contributed by atoms with E-state index in [2.05, 4.69) is 27.9 Å². The van der Waals surface area contributed by atoms with E-state index in [4.69, 9.17) is 11.6 Å². The fourth-order valence-corrected chi connectivity index (χ4v) is 2.23. The van der Waals surface area contributed by atoms with Crippen molar-refractivity contribution in [2.75, 3.05) is 5.32 Å². The molecular formula is C15H13ClINO. The third-order valence-electron chi connectivity index (χ3n) is 3.03. The van der Waals surface area contributed by atoms with Crippen molar-refractivity contribution in [3.8, 4) is 0 Å². The van der Waals surface area contributed by atoms with Crippen LogP contribution in [0, 0.1) is 17.4 Å². The lowest BCUT2D eigenvalue weighted by Gasteiger charge is -2.10. The van der Waals surface area contributed by atoms with Crippen LogP contribution in [0.2, 0.25) is 5.02 Å². The van der Waals surface area contributed by atoms with Gasteiger partial charge in [-0.2, -0.15) is 0 Å². The summed E-state index contributed by atoms with van der Waals surface area (Å²) in [5.41, 5.74) is 3.62. The van der Waals surface area contributed by atoms with Crippen molar-refractivity contribution >= 4 is 45.8 Å². The number of nitrogens with one attached hydrogen (secondary N) is 1. The molecule has 2 rings (SSSR count). The zero-order valence-corrected chi connectivity index (χ0v) is 13.5. The second kappa shape index (κ2) is 5.92. The second-order valence-electron chi connectivity index (χ2n) is 4.33. The first-order valence-electron chi connectivity index (χ1n) is 5.81. The van der Waals surface area contributed by atoms with Crippen molar-refractivity contribution in [3.63, 3.8) is 0 Å². The quantitative estimate of drug-likeness (QED) is 0.738. The number of aryl methyl sites for hydroxylation is 1. The van der Waals surface area contributed by atoms with Gasteiger partial charge in [-0.15, -0.1) is 0 Å². The van der Waals surface area contributed by atoms with Gasteiger partial charge in [-0.3, -0.25) is 4.79 Å². The molecule has 4 heteroatoms. The van der Waals surface area contributed by atoms with Crippen LogP contribution in [0.5, 0.6) is 0 Å². The summed E-state index contributed by atoms with van der Waals surface area (Å²) in [7, 11) is 0. The van der Waals surface area contributed by atoms with E-state index in [1.165, 1.54) is 0 Å². The Morgan fingerprint density at radius 3 is 2.63 bits per heavy atom. The zero-order chi connectivity index (χ0) is 14.0. The lowest BCUT2D eigenvalue weighted by Crippen LogP contribution is -2.13. The molecule has 2 nitrogen and oxygen atoms in total. The predicted molar refractivity (Wildman–Crippen MR) is 88.0 cm³/mol. The lowest BCUT2D eigenvalue weighted by molar-refractivity contribution is 0.102. The molecule has 0 fully saturated rings. The van der Waals surface area contributed by atoms with Crippen molar-refractivity contribution in [2.24, 2.45) is 0 Å². The maximum atomic E-state index is 12.2. The van der Waals surface area contributed by atoms with Crippen LogP contribution in [0.15, 0.2) is 36.4 Å². The molecule has 1 N–H and O–H groups in total. The predicted octanol–water partition coefficient (Wildman–Crippen LogP) is 4.81. The van der Waals surface area contributed by atoms with Gasteiger partial charge in [0, 0.05) is 14.8 Å². The van der Waals surface area contributed by atoms with E-state index in [1.807, 2.05) is 38.1 Å². The first kappa shape index (κ1) is 14.3. The van der Waals surface area contributed by atoms with Crippen LogP contribution in [0.25, 0.3) is 0 Å². The average Bonchev–Trinajstić information content (AvgIpc) is 2.38. The number of hydrogen-bond donors (Lipinski definition) is 1. The van der Waals surface area contributed by atoms with Gasteiger partial charge in [-0.25, -0.2) is 0 Å². The van der Waals surface area contributed by atoms with Gasteiger partial charge in [0.2, 0.25) is 0 Å². The summed E-state index contributed by atoms with van der Waals surface area (Å²) in [6.45, 7) is 4.01. The van der Waals surface area contributed by atoms with Gasteiger partial charge >= 0.3 is 0 Å². The minimum atomic E-state index is -0.146. The van der Waals surface area contributed by atoms with E-state index >= 15 is 0 Å². The summed E-state index contributed by atoms with van der Waals surface area (Å²) in [6, 6.07) is 11.1. The van der Waals surface area contributed by atoms with Gasteiger partial charge in [-0.1, -0.05) is 23.7 Å². The smallest absolute Gasteiger partial charge is 0.255 e. The van der Waals surface area contributed by atoms with Crippen LogP contribution >= 0.6 is 34.2 Å². The first-order chi connectivity index (χ1) is 8.99. The highest BCUT2D eigenvalue weighted by atomic mass is 127. The molecule has 1 amide bonds. The zero-order valence-electron chi connectivity index (χ0n) is 10.6. The van der Waals surface area contributed by atoms with Crippen molar-refractivity contribution in [2.45, 2.75) is 13.8 Å². The molecule has 2 aromatic carbocycles. The summed E-state index contributed by atoms with van der Waals surface area (Å²) in [6.07, 6.45) is 0. The highest BCUT2D eigenvalue weighted by Gasteiger charge is 2.10. The van der Waals surface area contributed by atoms with E-state index < -0.39 is 0 Å². The van der Waals surface area contributed by atoms with E-state index in [-0.39, 0.29) is 5.91 Å². The molecule has 0 heterocycles. The molecule has 0 atom stereocenters. The van der Waals surface area contributed by atoms with E-state index in [0.29, 0.717) is 10.6 Å². The normalized spacial score (nSPS) is 10.3. The van der Waals surface area contributed by atoms with Crippen molar-refractivity contribution in [1.29, 1.82) is 0 Å². The Hall–Kier alpha value is -1.07. The summed E-state index contributed by atoms with van der Waals surface area (Å²) < 4.78 is 0.933. The van der Waals surface area contributed by atoms with Gasteiger partial charge in [0.15, 0.2) is 0 Å². The molecule has 0 unspecified atom stereocenters. The summed E-state index contributed by atoms with van der Waals surface area (Å²) >= 11 is 8.16. The van der Waals surface area contributed by atoms with Crippen molar-refractivity contribution in [1.82, 2.24) is 0 Å². The molecule has 0 saturated carbocycles. The summed E-state index contributed by atoms with van der Waals surface area (Å²) in [4.78, 5) is 12.2. The van der Waals surface area contributed by atoms with E-state index in [1.54, 1.807) is 12.1 Å². The standard InChI is InChI=1S/C15H13ClINO/c1-9-4-3-5-14(10(9)2)18-15(19)11-6-7-13(17)12(16)8-11/h3-8H,1-2H3,(H,18,19). The molecule has 2 aromatic rings. The summed E-state index contributed by atoms with van der Waals surface area (Å²) in [5.74, 6) is -0.146. The summed E-state index contributed by atoms with van der Waals surface area (Å²) in [5, 5.41) is 3.51. The largest absolute Gasteiger partial charge is 0.322 e. The molecular weight excluding hydrogens is 373 g/mol. The van der Waals surface area contributed by atoms with Gasteiger partial charge in [0.25, 0.3) is 5.91 Å². The monoisotopic (exact) mass is 385 g/mol. The highest BCUT2D eigenvalue weighted by Crippen LogP contribution is 2.22. The van der Waals surface area contributed by atoms with Gasteiger partial charge in [0.1, 0.15) is 0 Å². The molecule has 0 aliphatic rings. The average molecular weight is 386 g/mol. The SMILES string of the molecule is Cc1cccc(NC(=O)c2ccc(I)c(Cl)c2)c1C. The fourth-order valence-electron chi connectivity index (χ4n) is 1.72. The number of benzene rings is 2. The van der Waals surface area contributed by atoms with E-state index in [0.717, 1.165) is 20.4 Å². The maximum Gasteiger partial charge on any atom is 0.255 e. The number of carbonyl (C=O) groups excluding carboxylic acids is 1. The van der Waals surface area contributed by atoms with Crippen molar-refractivity contribution < 1.29 is 4.79 Å². The van der Waals surface area contributed by atoms with Crippen molar-refractivity contribution in [3.05, 3.63) is 61.7 Å². The first-order valence-corrected chi connectivity index (χ1v) is 7.27. The van der Waals surface area contributed by atoms with Crippen LogP contribution in [-0.4, -0.2) is 5.91 Å². The molecule has 0 aliphatic heterocycles. The lowest BCUT2D eigenvalue weighted by atomic mass is 10.1. The number of amides is 1. The maximum absolute atomic E-state index is 12.2. The van der Waals surface area contributed by atoms with Crippen LogP contribution in [0.4, 0.5) is 5.69 Å². The Labute approximate surface area is 131 Å². The number of halogens is 2. The molecule has 0 aromatic heterocycles. The highest BCUT2D eigenvalue weighted by molar-refractivity contribution is 14.1. The number of carbonyl (C=O) groups is 1. The van der Waals surface area contributed by atoms with Crippen LogP contribution in [-0.2, 0) is 0 Å². The molecule has 19 heavy (non-hydrogen) atoms. The Kier molecular flexibility index (Phi) is 4.47. The van der Waals surface area contributed by atoms with Gasteiger partial charge in [-0.05, 0) is 71.8 Å². The molecule has 0 bridgehead atoms. The molecule has 98 valence electrons. The third-order valence-corrected chi connectivity index (χ3v) is 4.61. The Morgan fingerprint density at radius 1 is 1.21 bits per heavy atom. The van der Waals surface area contributed by atoms with Crippen LogP contribution < -0.4 is 5.32 Å². The number of rotatable bonds is 2. The van der Waals surface area contributed by atoms with Crippen LogP contribution in [0.3, 0.4) is 0 Å². The minimum absolute atomic E-state index is 0.146. The topological polar surface area (TPSA) is 29.1 Å². The molecule has 0 saturated heterocycles. The molecule has 0 spiro atoms. The number of anilines is 1. The Morgan fingerprint density at radius 2 is 1.95 bits per heavy atom. The van der Waals surface area contributed by atoms with Gasteiger partial charge in [0.05, 0.1) is 5.02 Å². The number of hydrogen-bond acceptors (Lipinski definition) is 1. The third kappa shape index (κ3) is 3.28. The Balaban J connectivity index is 2.26. The molecule has 0 aliphatic carbocycles.